The van der Waals surface area contributed by atoms with Gasteiger partial charge in [-0.1, -0.05) is 19.3 Å². The first-order chi connectivity index (χ1) is 8.16. The van der Waals surface area contributed by atoms with Gasteiger partial charge in [-0.15, -0.1) is 0 Å². The normalized spacial score (nSPS) is 15.9. The van der Waals surface area contributed by atoms with Crippen LogP contribution in [0.4, 0.5) is 13.2 Å². The highest BCUT2D eigenvalue weighted by Gasteiger charge is 2.16. The van der Waals surface area contributed by atoms with Gasteiger partial charge < -0.3 is 5.32 Å². The minimum absolute atomic E-state index is 0.178. The van der Waals surface area contributed by atoms with Crippen molar-refractivity contribution < 1.29 is 13.2 Å². The minimum atomic E-state index is -1.14. The Bertz CT molecular complexity index is 388. The van der Waals surface area contributed by atoms with E-state index in [0.29, 0.717) is 6.07 Å². The van der Waals surface area contributed by atoms with Crippen molar-refractivity contribution in [2.24, 2.45) is 5.92 Å². The summed E-state index contributed by atoms with van der Waals surface area (Å²) in [4.78, 5) is 0. The molecule has 0 bridgehead atoms. The Labute approximate surface area is 99.0 Å². The molecule has 0 spiro atoms. The Morgan fingerprint density at radius 1 is 1.06 bits per heavy atom. The second-order valence-electron chi connectivity index (χ2n) is 4.62. The predicted octanol–water partition coefficient (Wildman–Crippen LogP) is 3.38. The standard InChI is InChI=1S/C13H16F3N/c14-11-7-13(16)12(15)6-10(11)8-17-5-4-9-2-1-3-9/h6-7,9,17H,1-5,8H2. The maximum Gasteiger partial charge on any atom is 0.161 e. The monoisotopic (exact) mass is 243 g/mol. The molecule has 1 fully saturated rings. The lowest BCUT2D eigenvalue weighted by atomic mass is 9.83. The molecule has 1 N–H and O–H groups in total. The molecule has 0 heterocycles. The summed E-state index contributed by atoms with van der Waals surface area (Å²) in [7, 11) is 0. The number of hydrogen-bond acceptors (Lipinski definition) is 1. The molecule has 1 saturated carbocycles. The zero-order chi connectivity index (χ0) is 12.3. The summed E-state index contributed by atoms with van der Waals surface area (Å²) < 4.78 is 38.8. The van der Waals surface area contributed by atoms with Crippen LogP contribution < -0.4 is 5.32 Å². The summed E-state index contributed by atoms with van der Waals surface area (Å²) in [5.74, 6) is -2.04. The number of rotatable bonds is 5. The van der Waals surface area contributed by atoms with Crippen LogP contribution in [0.1, 0.15) is 31.2 Å². The van der Waals surface area contributed by atoms with E-state index in [-0.39, 0.29) is 12.1 Å². The van der Waals surface area contributed by atoms with Gasteiger partial charge in [-0.3, -0.25) is 0 Å². The Morgan fingerprint density at radius 2 is 1.76 bits per heavy atom. The molecule has 0 unspecified atom stereocenters. The Balaban J connectivity index is 1.79. The molecule has 4 heteroatoms. The number of nitrogens with one attached hydrogen (secondary N) is 1. The summed E-state index contributed by atoms with van der Waals surface area (Å²) in [6.07, 6.45) is 4.94. The van der Waals surface area contributed by atoms with Crippen LogP contribution in [0.5, 0.6) is 0 Å². The average Bonchev–Trinajstić information content (AvgIpc) is 2.22. The van der Waals surface area contributed by atoms with Crippen molar-refractivity contribution >= 4 is 0 Å². The summed E-state index contributed by atoms with van der Waals surface area (Å²) in [6, 6.07) is 1.51. The van der Waals surface area contributed by atoms with E-state index < -0.39 is 17.5 Å². The highest BCUT2D eigenvalue weighted by atomic mass is 19.2. The summed E-state index contributed by atoms with van der Waals surface area (Å²) >= 11 is 0. The van der Waals surface area contributed by atoms with Crippen LogP contribution in [0.2, 0.25) is 0 Å². The van der Waals surface area contributed by atoms with Crippen LogP contribution in [0.15, 0.2) is 12.1 Å². The quantitative estimate of drug-likeness (QED) is 0.617. The lowest BCUT2D eigenvalue weighted by Gasteiger charge is -2.25. The zero-order valence-electron chi connectivity index (χ0n) is 9.61. The van der Waals surface area contributed by atoms with E-state index in [9.17, 15) is 13.2 Å². The molecule has 94 valence electrons. The third-order valence-electron chi connectivity index (χ3n) is 3.36. The van der Waals surface area contributed by atoms with E-state index in [0.717, 1.165) is 24.9 Å². The third kappa shape index (κ3) is 3.22. The van der Waals surface area contributed by atoms with Gasteiger partial charge in [0.15, 0.2) is 11.6 Å². The van der Waals surface area contributed by atoms with Crippen molar-refractivity contribution in [1.29, 1.82) is 0 Å². The highest BCUT2D eigenvalue weighted by Crippen LogP contribution is 2.28. The highest BCUT2D eigenvalue weighted by molar-refractivity contribution is 5.19. The van der Waals surface area contributed by atoms with Gasteiger partial charge in [-0.05, 0) is 24.9 Å². The molecule has 0 saturated heterocycles. The summed E-state index contributed by atoms with van der Waals surface area (Å²) in [6.45, 7) is 1.04. The molecule has 1 aromatic carbocycles. The van der Waals surface area contributed by atoms with Crippen LogP contribution in [-0.4, -0.2) is 6.54 Å². The zero-order valence-corrected chi connectivity index (χ0v) is 9.61. The van der Waals surface area contributed by atoms with Gasteiger partial charge in [0.2, 0.25) is 0 Å². The van der Waals surface area contributed by atoms with E-state index in [4.69, 9.17) is 0 Å². The van der Waals surface area contributed by atoms with E-state index >= 15 is 0 Å². The molecule has 17 heavy (non-hydrogen) atoms. The lowest BCUT2D eigenvalue weighted by molar-refractivity contribution is 0.292. The lowest BCUT2D eigenvalue weighted by Crippen LogP contribution is -2.21. The topological polar surface area (TPSA) is 12.0 Å². The van der Waals surface area contributed by atoms with E-state index in [1.165, 1.54) is 19.3 Å². The maximum atomic E-state index is 13.2. The summed E-state index contributed by atoms with van der Waals surface area (Å²) in [5, 5.41) is 3.06. The molecule has 0 atom stereocenters. The number of benzene rings is 1. The van der Waals surface area contributed by atoms with Crippen LogP contribution in [-0.2, 0) is 6.54 Å². The first-order valence-electron chi connectivity index (χ1n) is 6.01. The molecule has 1 nitrogen and oxygen atoms in total. The largest absolute Gasteiger partial charge is 0.313 e. The van der Waals surface area contributed by atoms with E-state index in [1.807, 2.05) is 0 Å². The predicted molar refractivity (Wildman–Crippen MR) is 60.0 cm³/mol. The van der Waals surface area contributed by atoms with Gasteiger partial charge in [-0.2, -0.15) is 0 Å². The summed E-state index contributed by atoms with van der Waals surface area (Å²) in [5.41, 5.74) is 0.178. The van der Waals surface area contributed by atoms with Crippen molar-refractivity contribution in [3.05, 3.63) is 35.1 Å². The fourth-order valence-electron chi connectivity index (χ4n) is 2.01. The van der Waals surface area contributed by atoms with Gasteiger partial charge in [0, 0.05) is 18.2 Å². The number of hydrogen-bond donors (Lipinski definition) is 1. The Kier molecular flexibility index (Phi) is 4.05. The fourth-order valence-corrected chi connectivity index (χ4v) is 2.01. The van der Waals surface area contributed by atoms with Crippen molar-refractivity contribution in [3.63, 3.8) is 0 Å². The molecule has 0 aliphatic heterocycles. The van der Waals surface area contributed by atoms with Crippen molar-refractivity contribution in [2.75, 3.05) is 6.54 Å². The average molecular weight is 243 g/mol. The van der Waals surface area contributed by atoms with E-state index in [1.54, 1.807) is 0 Å². The molecule has 0 amide bonds. The van der Waals surface area contributed by atoms with Gasteiger partial charge in [0.05, 0.1) is 0 Å². The maximum absolute atomic E-state index is 13.2. The first kappa shape index (κ1) is 12.4. The first-order valence-corrected chi connectivity index (χ1v) is 6.01. The smallest absolute Gasteiger partial charge is 0.161 e. The Morgan fingerprint density at radius 3 is 2.41 bits per heavy atom. The van der Waals surface area contributed by atoms with Crippen molar-refractivity contribution in [1.82, 2.24) is 5.32 Å². The molecule has 2 rings (SSSR count). The second kappa shape index (κ2) is 5.54. The van der Waals surface area contributed by atoms with Crippen LogP contribution in [0, 0.1) is 23.4 Å². The van der Waals surface area contributed by atoms with Gasteiger partial charge in [0.25, 0.3) is 0 Å². The van der Waals surface area contributed by atoms with Crippen LogP contribution in [0.3, 0.4) is 0 Å². The number of halogens is 3. The molecule has 1 aromatic rings. The van der Waals surface area contributed by atoms with Gasteiger partial charge in [-0.25, -0.2) is 13.2 Å². The van der Waals surface area contributed by atoms with Crippen molar-refractivity contribution in [3.8, 4) is 0 Å². The van der Waals surface area contributed by atoms with Gasteiger partial charge in [0.1, 0.15) is 5.82 Å². The van der Waals surface area contributed by atoms with Crippen LogP contribution in [0.25, 0.3) is 0 Å². The molecular weight excluding hydrogens is 227 g/mol. The molecule has 0 aromatic heterocycles. The fraction of sp³-hybridized carbons (Fsp3) is 0.538. The van der Waals surface area contributed by atoms with Crippen molar-refractivity contribution in [2.45, 2.75) is 32.2 Å². The molecule has 0 radical (unpaired) electrons. The molecule has 1 aliphatic carbocycles. The SMILES string of the molecule is Fc1cc(F)c(CNCCC2CCC2)cc1F. The molecule has 1 aliphatic rings. The van der Waals surface area contributed by atoms with E-state index in [2.05, 4.69) is 5.32 Å². The third-order valence-corrected chi connectivity index (χ3v) is 3.36. The second-order valence-corrected chi connectivity index (χ2v) is 4.62. The Hall–Kier alpha value is -1.03. The molecular formula is C13H16F3N. The van der Waals surface area contributed by atoms with Gasteiger partial charge >= 0.3 is 0 Å². The van der Waals surface area contributed by atoms with Crippen LogP contribution >= 0.6 is 0 Å². The minimum Gasteiger partial charge on any atom is -0.313 e.